The Morgan fingerprint density at radius 3 is 2.05 bits per heavy atom. The highest BCUT2D eigenvalue weighted by atomic mass is 14.8. The van der Waals surface area contributed by atoms with Gasteiger partial charge in [0.05, 0.1) is 23.3 Å². The zero-order valence-electron chi connectivity index (χ0n) is 10.6. The molecule has 3 rings (SSSR count). The molecule has 0 N–H and O–H groups in total. The average molecular weight is 247 g/mol. The largest absolute Gasteiger partial charge is 0.258 e. The molecule has 3 heteroatoms. The Morgan fingerprint density at radius 1 is 0.632 bits per heavy atom. The molecule has 0 amide bonds. The summed E-state index contributed by atoms with van der Waals surface area (Å²) in [5.41, 5.74) is 4.82. The van der Waals surface area contributed by atoms with Crippen LogP contribution in [0.15, 0.2) is 61.1 Å². The summed E-state index contributed by atoms with van der Waals surface area (Å²) in [6.45, 7) is 1.92. The van der Waals surface area contributed by atoms with Crippen molar-refractivity contribution in [1.82, 2.24) is 15.0 Å². The first-order valence-corrected chi connectivity index (χ1v) is 6.13. The molecule has 0 aliphatic heterocycles. The van der Waals surface area contributed by atoms with E-state index in [4.69, 9.17) is 0 Å². The Morgan fingerprint density at radius 2 is 1.42 bits per heavy atom. The molecule has 0 spiro atoms. The van der Waals surface area contributed by atoms with Gasteiger partial charge in [-0.25, -0.2) is 0 Å². The maximum atomic E-state index is 4.48. The van der Waals surface area contributed by atoms with Gasteiger partial charge in [-0.15, -0.1) is 0 Å². The van der Waals surface area contributed by atoms with E-state index in [0.717, 1.165) is 28.2 Å². The predicted molar refractivity (Wildman–Crippen MR) is 75.4 cm³/mol. The maximum Gasteiger partial charge on any atom is 0.0900 e. The third kappa shape index (κ3) is 2.50. The Labute approximate surface area is 112 Å². The first-order valence-electron chi connectivity index (χ1n) is 6.13. The van der Waals surface area contributed by atoms with Gasteiger partial charge in [0.15, 0.2) is 0 Å². The van der Waals surface area contributed by atoms with Crippen LogP contribution in [0.2, 0.25) is 0 Å². The van der Waals surface area contributed by atoms with E-state index < -0.39 is 0 Å². The van der Waals surface area contributed by atoms with E-state index in [2.05, 4.69) is 15.0 Å². The van der Waals surface area contributed by atoms with Gasteiger partial charge >= 0.3 is 0 Å². The number of nitrogens with zero attached hydrogens (tertiary/aromatic N) is 3. The average Bonchev–Trinajstić information content (AvgIpc) is 2.49. The molecule has 0 unspecified atom stereocenters. The van der Waals surface area contributed by atoms with Gasteiger partial charge in [0.25, 0.3) is 0 Å². The topological polar surface area (TPSA) is 38.7 Å². The standard InChI is InChI=1S/C16H13N3/c1-12-9-18-16(11-17-12)14-7-8-15(19-10-14)13-5-3-2-4-6-13/h2-11H,1H3. The van der Waals surface area contributed by atoms with Crippen LogP contribution in [-0.2, 0) is 0 Å². The molecule has 0 saturated carbocycles. The van der Waals surface area contributed by atoms with Gasteiger partial charge in [-0.3, -0.25) is 15.0 Å². The molecular weight excluding hydrogens is 234 g/mol. The van der Waals surface area contributed by atoms with E-state index in [1.165, 1.54) is 0 Å². The predicted octanol–water partition coefficient (Wildman–Crippen LogP) is 3.51. The van der Waals surface area contributed by atoms with Gasteiger partial charge < -0.3 is 0 Å². The summed E-state index contributed by atoms with van der Waals surface area (Å²) in [5, 5.41) is 0. The molecule has 0 aliphatic carbocycles. The van der Waals surface area contributed by atoms with Gasteiger partial charge in [0.2, 0.25) is 0 Å². The summed E-state index contributed by atoms with van der Waals surface area (Å²) < 4.78 is 0. The number of hydrogen-bond acceptors (Lipinski definition) is 3. The Balaban J connectivity index is 1.93. The molecule has 2 heterocycles. The molecule has 0 saturated heterocycles. The minimum atomic E-state index is 0.845. The second-order valence-corrected chi connectivity index (χ2v) is 4.34. The molecular formula is C16H13N3. The Kier molecular flexibility index (Phi) is 3.02. The summed E-state index contributed by atoms with van der Waals surface area (Å²) in [4.78, 5) is 13.1. The van der Waals surface area contributed by atoms with Crippen molar-refractivity contribution in [2.45, 2.75) is 6.92 Å². The smallest absolute Gasteiger partial charge is 0.0900 e. The lowest BCUT2D eigenvalue weighted by Gasteiger charge is -2.03. The second-order valence-electron chi connectivity index (χ2n) is 4.34. The molecule has 0 radical (unpaired) electrons. The SMILES string of the molecule is Cc1cnc(-c2ccc(-c3ccccc3)nc2)cn1. The molecule has 0 atom stereocenters. The number of aryl methyl sites for hydroxylation is 1. The molecule has 3 nitrogen and oxygen atoms in total. The molecule has 0 bridgehead atoms. The van der Waals surface area contributed by atoms with Crippen molar-refractivity contribution in [3.63, 3.8) is 0 Å². The summed E-state index contributed by atoms with van der Waals surface area (Å²) >= 11 is 0. The second kappa shape index (κ2) is 4.98. The van der Waals surface area contributed by atoms with Gasteiger partial charge in [-0.2, -0.15) is 0 Å². The normalized spacial score (nSPS) is 10.4. The molecule has 1 aromatic carbocycles. The van der Waals surface area contributed by atoms with Gasteiger partial charge in [-0.05, 0) is 19.1 Å². The van der Waals surface area contributed by atoms with Gasteiger partial charge in [0.1, 0.15) is 0 Å². The summed E-state index contributed by atoms with van der Waals surface area (Å²) in [5.74, 6) is 0. The zero-order chi connectivity index (χ0) is 13.1. The van der Waals surface area contributed by atoms with Crippen LogP contribution in [0.25, 0.3) is 22.5 Å². The fourth-order valence-corrected chi connectivity index (χ4v) is 1.87. The van der Waals surface area contributed by atoms with Crippen LogP contribution in [0, 0.1) is 6.92 Å². The summed E-state index contributed by atoms with van der Waals surface area (Å²) in [6.07, 6.45) is 5.37. The van der Waals surface area contributed by atoms with Crippen molar-refractivity contribution in [3.8, 4) is 22.5 Å². The third-order valence-corrected chi connectivity index (χ3v) is 2.91. The fourth-order valence-electron chi connectivity index (χ4n) is 1.87. The van der Waals surface area contributed by atoms with Crippen molar-refractivity contribution in [2.24, 2.45) is 0 Å². The van der Waals surface area contributed by atoms with E-state index >= 15 is 0 Å². The number of benzene rings is 1. The monoisotopic (exact) mass is 247 g/mol. The van der Waals surface area contributed by atoms with Crippen molar-refractivity contribution < 1.29 is 0 Å². The summed E-state index contributed by atoms with van der Waals surface area (Å²) in [6, 6.07) is 14.1. The van der Waals surface area contributed by atoms with Crippen molar-refractivity contribution in [1.29, 1.82) is 0 Å². The van der Waals surface area contributed by atoms with Crippen molar-refractivity contribution >= 4 is 0 Å². The van der Waals surface area contributed by atoms with E-state index in [-0.39, 0.29) is 0 Å². The molecule has 0 fully saturated rings. The quantitative estimate of drug-likeness (QED) is 0.695. The first-order chi connectivity index (χ1) is 9.33. The van der Waals surface area contributed by atoms with Crippen molar-refractivity contribution in [3.05, 3.63) is 66.7 Å². The van der Waals surface area contributed by atoms with E-state index in [9.17, 15) is 0 Å². The Bertz CT molecular complexity index is 659. The number of rotatable bonds is 2. The molecule has 92 valence electrons. The molecule has 0 aliphatic rings. The van der Waals surface area contributed by atoms with Gasteiger partial charge in [-0.1, -0.05) is 30.3 Å². The minimum absolute atomic E-state index is 0.845. The van der Waals surface area contributed by atoms with Crippen LogP contribution in [0.5, 0.6) is 0 Å². The van der Waals surface area contributed by atoms with Gasteiger partial charge in [0, 0.05) is 23.5 Å². The minimum Gasteiger partial charge on any atom is -0.258 e. The van der Waals surface area contributed by atoms with Crippen LogP contribution >= 0.6 is 0 Å². The fraction of sp³-hybridized carbons (Fsp3) is 0.0625. The van der Waals surface area contributed by atoms with Crippen LogP contribution in [0.1, 0.15) is 5.69 Å². The lowest BCUT2D eigenvalue weighted by Crippen LogP contribution is -1.89. The highest BCUT2D eigenvalue weighted by Crippen LogP contribution is 2.20. The van der Waals surface area contributed by atoms with Crippen LogP contribution in [0.4, 0.5) is 0 Å². The number of aromatic nitrogens is 3. The first kappa shape index (κ1) is 11.5. The number of pyridine rings is 1. The van der Waals surface area contributed by atoms with E-state index in [1.54, 1.807) is 12.4 Å². The van der Waals surface area contributed by atoms with Crippen molar-refractivity contribution in [2.75, 3.05) is 0 Å². The summed E-state index contributed by atoms with van der Waals surface area (Å²) in [7, 11) is 0. The molecule has 2 aromatic heterocycles. The number of hydrogen-bond donors (Lipinski definition) is 0. The highest BCUT2D eigenvalue weighted by Gasteiger charge is 2.02. The van der Waals surface area contributed by atoms with E-state index in [1.807, 2.05) is 55.6 Å². The lowest BCUT2D eigenvalue weighted by atomic mass is 10.1. The maximum absolute atomic E-state index is 4.48. The highest BCUT2D eigenvalue weighted by molar-refractivity contribution is 5.63. The van der Waals surface area contributed by atoms with E-state index in [0.29, 0.717) is 0 Å². The lowest BCUT2D eigenvalue weighted by molar-refractivity contribution is 1.12. The third-order valence-electron chi connectivity index (χ3n) is 2.91. The molecule has 3 aromatic rings. The van der Waals surface area contributed by atoms with Crippen LogP contribution in [-0.4, -0.2) is 15.0 Å². The molecule has 19 heavy (non-hydrogen) atoms. The Hall–Kier alpha value is -2.55. The van der Waals surface area contributed by atoms with Crippen LogP contribution < -0.4 is 0 Å². The van der Waals surface area contributed by atoms with Crippen LogP contribution in [0.3, 0.4) is 0 Å². The zero-order valence-corrected chi connectivity index (χ0v) is 10.6.